The first kappa shape index (κ1) is 50.1. The Labute approximate surface area is 549 Å². The number of aromatic nitrogens is 2. The molecule has 0 bridgehead atoms. The molecule has 0 N–H and O–H groups in total. The van der Waals surface area contributed by atoms with Gasteiger partial charge in [0.05, 0.1) is 28.1 Å². The van der Waals surface area contributed by atoms with Crippen LogP contribution in [0.1, 0.15) is 0 Å². The number of furan rings is 2. The molecular formula is C88H48B2N4O2. The van der Waals surface area contributed by atoms with Gasteiger partial charge in [-0.15, -0.1) is 0 Å². The Bertz CT molecular complexity index is 7020. The van der Waals surface area contributed by atoms with Crippen molar-refractivity contribution in [1.82, 2.24) is 8.96 Å². The molecule has 4 aliphatic rings. The molecule has 24 rings (SSSR count). The minimum absolute atomic E-state index is 0.138. The zero-order chi connectivity index (χ0) is 61.9. The number of nitrogens with zero attached hydrogens (tertiary/aromatic N) is 4. The van der Waals surface area contributed by atoms with Crippen LogP contribution in [0.4, 0.5) is 34.1 Å². The predicted molar refractivity (Wildman–Crippen MR) is 404 cm³/mol. The number of para-hydroxylation sites is 5. The Morgan fingerprint density at radius 2 is 0.875 bits per heavy atom. The van der Waals surface area contributed by atoms with E-state index >= 15 is 0 Å². The maximum atomic E-state index is 7.32. The number of benzene rings is 16. The third kappa shape index (κ3) is 6.17. The summed E-state index contributed by atoms with van der Waals surface area (Å²) in [4.78, 5) is 5.17. The Hall–Kier alpha value is -12.5. The standard InChI is InChI=1S/C88H48B2N4O2/c1-4-21-57-50(17-1)20-15-32-72(57)92-85-59-23-6-3-19-52(59)38-41-71(85)89-82-66(47-70-62-26-9-13-33-76(62)96-88(70)87(82)92)69-46-55(45-68-61-25-8-12-31-74(61)93(89)84(68)69)53-36-35-49-37-40-56(44-54(49)43-53)91-75-42-39-51-18-2-5-22-58(51)80(75)90-81-67(48-78-79(86(81)91)65-27-10-14-34-77(65)95-78)64-29-16-28-63-60-24-7-11-30-73(60)94(90)83(63)64/h1-48H. The summed E-state index contributed by atoms with van der Waals surface area (Å²) >= 11 is 0. The van der Waals surface area contributed by atoms with Crippen molar-refractivity contribution in [3.8, 4) is 33.4 Å². The quantitative estimate of drug-likeness (QED) is 0.165. The van der Waals surface area contributed by atoms with Gasteiger partial charge in [0.25, 0.3) is 0 Å². The van der Waals surface area contributed by atoms with Gasteiger partial charge in [-0.2, -0.15) is 0 Å². The van der Waals surface area contributed by atoms with Crippen LogP contribution in [0.15, 0.2) is 300 Å². The van der Waals surface area contributed by atoms with Crippen LogP contribution in [0.25, 0.3) is 164 Å². The molecule has 4 aliphatic heterocycles. The normalized spacial score (nSPS) is 13.5. The summed E-state index contributed by atoms with van der Waals surface area (Å²) in [5.74, 6) is 0. The Balaban J connectivity index is 0.771. The number of rotatable bonds is 3. The molecule has 0 amide bonds. The molecule has 16 aromatic carbocycles. The van der Waals surface area contributed by atoms with Crippen molar-refractivity contribution >= 4 is 200 Å². The van der Waals surface area contributed by atoms with Crippen LogP contribution in [0, 0.1) is 0 Å². The van der Waals surface area contributed by atoms with E-state index in [4.69, 9.17) is 8.83 Å². The molecule has 0 unspecified atom stereocenters. The Kier molecular flexibility index (Phi) is 9.28. The van der Waals surface area contributed by atoms with Gasteiger partial charge < -0.3 is 27.6 Å². The van der Waals surface area contributed by atoms with Crippen LogP contribution in [0.5, 0.6) is 0 Å². The van der Waals surface area contributed by atoms with Crippen LogP contribution >= 0.6 is 0 Å². The Morgan fingerprint density at radius 1 is 0.271 bits per heavy atom. The van der Waals surface area contributed by atoms with E-state index in [1.807, 2.05) is 0 Å². The Morgan fingerprint density at radius 3 is 1.71 bits per heavy atom. The first-order valence-electron chi connectivity index (χ1n) is 33.4. The summed E-state index contributed by atoms with van der Waals surface area (Å²) < 4.78 is 19.7. The van der Waals surface area contributed by atoms with E-state index < -0.39 is 0 Å². The van der Waals surface area contributed by atoms with Gasteiger partial charge in [0.15, 0.2) is 5.58 Å². The molecule has 6 nitrogen and oxygen atoms in total. The summed E-state index contributed by atoms with van der Waals surface area (Å²) in [6, 6.07) is 109. The van der Waals surface area contributed by atoms with Gasteiger partial charge in [0.1, 0.15) is 16.7 Å². The van der Waals surface area contributed by atoms with E-state index in [2.05, 4.69) is 310 Å². The maximum absolute atomic E-state index is 7.32. The lowest BCUT2D eigenvalue weighted by atomic mass is 9.44. The van der Waals surface area contributed by atoms with Crippen LogP contribution in [0.3, 0.4) is 0 Å². The molecule has 0 aliphatic carbocycles. The zero-order valence-electron chi connectivity index (χ0n) is 51.5. The van der Waals surface area contributed by atoms with E-state index in [-0.39, 0.29) is 13.7 Å². The highest BCUT2D eigenvalue weighted by Crippen LogP contribution is 2.55. The number of anilines is 6. The van der Waals surface area contributed by atoms with Crippen molar-refractivity contribution < 1.29 is 8.83 Å². The SMILES string of the molecule is c1ccc2c(N3c4c(ccc5ccccc45)B4c5c(cc6c(oc7ccccc76)c53)-c3cc(-c5ccc6ccc(N7c8ccc9ccccc9c8B8c9c(cc%10oc%11ccccc%11c%10c97)-c7cccc9c%10ccccc%10n8c79)cc6c5)cc5c6ccccc6n4c35)cccc2c1. The van der Waals surface area contributed by atoms with E-state index in [1.54, 1.807) is 0 Å². The molecular weight excluding hydrogens is 1170 g/mol. The van der Waals surface area contributed by atoms with E-state index in [0.29, 0.717) is 0 Å². The van der Waals surface area contributed by atoms with Crippen LogP contribution in [-0.4, -0.2) is 22.7 Å². The number of hydrogen-bond donors (Lipinski definition) is 0. The first-order chi connectivity index (χ1) is 47.6. The fourth-order valence-corrected chi connectivity index (χ4v) is 18.5. The predicted octanol–water partition coefficient (Wildman–Crippen LogP) is 20.8. The zero-order valence-corrected chi connectivity index (χ0v) is 51.5. The van der Waals surface area contributed by atoms with Gasteiger partial charge in [-0.1, -0.05) is 212 Å². The van der Waals surface area contributed by atoms with Crippen molar-refractivity contribution in [3.63, 3.8) is 0 Å². The minimum Gasteiger partial charge on any atom is -0.456 e. The molecule has 0 saturated heterocycles. The van der Waals surface area contributed by atoms with Crippen LogP contribution in [-0.2, 0) is 0 Å². The lowest BCUT2D eigenvalue weighted by Crippen LogP contribution is -2.57. The van der Waals surface area contributed by atoms with Crippen LogP contribution in [0.2, 0.25) is 0 Å². The summed E-state index contributed by atoms with van der Waals surface area (Å²) in [7, 11) is 0. The molecule has 0 spiro atoms. The monoisotopic (exact) mass is 1210 g/mol. The molecule has 0 atom stereocenters. The van der Waals surface area contributed by atoms with E-state index in [9.17, 15) is 0 Å². The first-order valence-corrected chi connectivity index (χ1v) is 33.4. The van der Waals surface area contributed by atoms with Gasteiger partial charge in [0, 0.05) is 93.0 Å². The van der Waals surface area contributed by atoms with Crippen molar-refractivity contribution in [1.29, 1.82) is 0 Å². The highest BCUT2D eigenvalue weighted by atomic mass is 16.3. The molecule has 4 aromatic heterocycles. The second-order valence-electron chi connectivity index (χ2n) is 26.9. The van der Waals surface area contributed by atoms with E-state index in [1.165, 1.54) is 131 Å². The molecule has 438 valence electrons. The summed E-state index contributed by atoms with van der Waals surface area (Å²) in [5, 5.41) is 19.0. The molecule has 8 heterocycles. The summed E-state index contributed by atoms with van der Waals surface area (Å²) in [5.41, 5.74) is 27.5. The molecule has 0 saturated carbocycles. The number of hydrogen-bond acceptors (Lipinski definition) is 4. The van der Waals surface area contributed by atoms with Gasteiger partial charge in [0.2, 0.25) is 0 Å². The highest BCUT2D eigenvalue weighted by molar-refractivity contribution is 6.92. The molecule has 8 heteroatoms. The van der Waals surface area contributed by atoms with E-state index in [0.717, 1.165) is 88.8 Å². The second kappa shape index (κ2) is 17.8. The van der Waals surface area contributed by atoms with Gasteiger partial charge in [-0.3, -0.25) is 0 Å². The largest absolute Gasteiger partial charge is 0.456 e. The van der Waals surface area contributed by atoms with Gasteiger partial charge >= 0.3 is 13.7 Å². The minimum atomic E-state index is -0.179. The summed E-state index contributed by atoms with van der Waals surface area (Å²) in [6.07, 6.45) is 0. The average molecular weight is 1220 g/mol. The lowest BCUT2D eigenvalue weighted by molar-refractivity contribution is 0.669. The van der Waals surface area contributed by atoms with Crippen molar-refractivity contribution in [2.24, 2.45) is 0 Å². The van der Waals surface area contributed by atoms with Crippen LogP contribution < -0.4 is 31.7 Å². The van der Waals surface area contributed by atoms with Gasteiger partial charge in [-0.25, -0.2) is 0 Å². The molecule has 96 heavy (non-hydrogen) atoms. The fraction of sp³-hybridized carbons (Fsp3) is 0. The van der Waals surface area contributed by atoms with Gasteiger partial charge in [-0.05, 0) is 155 Å². The lowest BCUT2D eigenvalue weighted by Gasteiger charge is -2.41. The van der Waals surface area contributed by atoms with Crippen molar-refractivity contribution in [2.45, 2.75) is 0 Å². The maximum Gasteiger partial charge on any atom is 0.333 e. The average Bonchev–Trinajstić information content (AvgIpc) is 1.37. The van der Waals surface area contributed by atoms with Crippen molar-refractivity contribution in [2.75, 3.05) is 9.80 Å². The van der Waals surface area contributed by atoms with Crippen molar-refractivity contribution in [3.05, 3.63) is 291 Å². The number of fused-ring (bicyclic) bond motifs is 28. The molecule has 20 aromatic rings. The summed E-state index contributed by atoms with van der Waals surface area (Å²) in [6.45, 7) is -0.317. The molecule has 0 fully saturated rings. The fourth-order valence-electron chi connectivity index (χ4n) is 18.5. The highest BCUT2D eigenvalue weighted by Gasteiger charge is 2.48. The second-order valence-corrected chi connectivity index (χ2v) is 26.9. The third-order valence-electron chi connectivity index (χ3n) is 22.3. The topological polar surface area (TPSA) is 42.6 Å². The third-order valence-corrected chi connectivity index (χ3v) is 22.3. The molecule has 0 radical (unpaired) electrons. The smallest absolute Gasteiger partial charge is 0.333 e.